The molecule has 110 valence electrons. The van der Waals surface area contributed by atoms with E-state index < -0.39 is 0 Å². The molecule has 2 aromatic rings. The summed E-state index contributed by atoms with van der Waals surface area (Å²) in [5.41, 5.74) is 1.06. The number of hydrogen-bond acceptors (Lipinski definition) is 1. The molecule has 0 radical (unpaired) electrons. The Morgan fingerprint density at radius 1 is 1.00 bits per heavy atom. The van der Waals surface area contributed by atoms with Gasteiger partial charge in [-0.25, -0.2) is 0 Å². The zero-order valence-corrected chi connectivity index (χ0v) is 14.3. The minimum Gasteiger partial charge on any atom is -0.360 e. The maximum atomic E-state index is 5.48. The predicted octanol–water partition coefficient (Wildman–Crippen LogP) is 5.22. The van der Waals surface area contributed by atoms with Crippen LogP contribution in [0.3, 0.4) is 0 Å². The number of hydrogen-bond donors (Lipinski definition) is 2. The van der Waals surface area contributed by atoms with E-state index in [1.54, 1.807) is 0 Å². The molecule has 1 fully saturated rings. The molecule has 0 heterocycles. The standard InChI is InChI=1S/C17H19BrN2S/c18-15-10-11-16(14-9-5-4-8-13(14)15)20-17(21)19-12-6-2-1-3-7-12/h4-5,8-12H,1-3,6-7H2,(H2,19,20,21). The van der Waals surface area contributed by atoms with Crippen molar-refractivity contribution in [3.63, 3.8) is 0 Å². The Hall–Kier alpha value is -1.13. The van der Waals surface area contributed by atoms with Crippen molar-refractivity contribution in [1.82, 2.24) is 5.32 Å². The number of rotatable bonds is 2. The van der Waals surface area contributed by atoms with Gasteiger partial charge in [-0.3, -0.25) is 0 Å². The van der Waals surface area contributed by atoms with Crippen LogP contribution in [0, 0.1) is 0 Å². The van der Waals surface area contributed by atoms with Crippen LogP contribution >= 0.6 is 28.1 Å². The van der Waals surface area contributed by atoms with Crippen LogP contribution in [0.5, 0.6) is 0 Å². The Morgan fingerprint density at radius 2 is 1.71 bits per heavy atom. The monoisotopic (exact) mass is 362 g/mol. The van der Waals surface area contributed by atoms with Crippen molar-refractivity contribution in [2.45, 2.75) is 38.1 Å². The zero-order chi connectivity index (χ0) is 14.7. The molecule has 0 unspecified atom stereocenters. The van der Waals surface area contributed by atoms with E-state index in [9.17, 15) is 0 Å². The fourth-order valence-corrected chi connectivity index (χ4v) is 3.72. The lowest BCUT2D eigenvalue weighted by Gasteiger charge is -2.24. The second-order valence-corrected chi connectivity index (χ2v) is 6.84. The van der Waals surface area contributed by atoms with Gasteiger partial charge in [-0.1, -0.05) is 59.5 Å². The SMILES string of the molecule is S=C(Nc1ccc(Br)c2ccccc12)NC1CCCCC1. The molecule has 2 N–H and O–H groups in total. The van der Waals surface area contributed by atoms with E-state index in [0.29, 0.717) is 6.04 Å². The first-order valence-corrected chi connectivity index (χ1v) is 8.69. The maximum Gasteiger partial charge on any atom is 0.171 e. The molecular weight excluding hydrogens is 344 g/mol. The highest BCUT2D eigenvalue weighted by molar-refractivity contribution is 9.10. The number of fused-ring (bicyclic) bond motifs is 1. The van der Waals surface area contributed by atoms with E-state index in [2.05, 4.69) is 63.0 Å². The predicted molar refractivity (Wildman–Crippen MR) is 97.9 cm³/mol. The highest BCUT2D eigenvalue weighted by Crippen LogP contribution is 2.30. The molecule has 0 aliphatic heterocycles. The molecule has 0 saturated heterocycles. The molecule has 1 saturated carbocycles. The third-order valence-corrected chi connectivity index (χ3v) is 4.97. The van der Waals surface area contributed by atoms with Crippen molar-refractivity contribution < 1.29 is 0 Å². The smallest absolute Gasteiger partial charge is 0.171 e. The van der Waals surface area contributed by atoms with Gasteiger partial charge in [-0.2, -0.15) is 0 Å². The Balaban J connectivity index is 1.75. The average molecular weight is 363 g/mol. The molecule has 1 aliphatic carbocycles. The second-order valence-electron chi connectivity index (χ2n) is 5.57. The lowest BCUT2D eigenvalue weighted by Crippen LogP contribution is -2.38. The summed E-state index contributed by atoms with van der Waals surface area (Å²) in [6.07, 6.45) is 6.42. The van der Waals surface area contributed by atoms with E-state index in [1.807, 2.05) is 0 Å². The molecule has 2 aromatic carbocycles. The van der Waals surface area contributed by atoms with Crippen molar-refractivity contribution in [3.8, 4) is 0 Å². The third-order valence-electron chi connectivity index (χ3n) is 4.06. The summed E-state index contributed by atoms with van der Waals surface area (Å²) in [6.45, 7) is 0. The Morgan fingerprint density at radius 3 is 2.48 bits per heavy atom. The molecular formula is C17H19BrN2S. The average Bonchev–Trinajstić information content (AvgIpc) is 2.51. The molecule has 0 spiro atoms. The Kier molecular flexibility index (Phi) is 4.76. The van der Waals surface area contributed by atoms with Crippen molar-refractivity contribution in [3.05, 3.63) is 40.9 Å². The van der Waals surface area contributed by atoms with Gasteiger partial charge in [0.2, 0.25) is 0 Å². The summed E-state index contributed by atoms with van der Waals surface area (Å²) in [5.74, 6) is 0. The lowest BCUT2D eigenvalue weighted by molar-refractivity contribution is 0.415. The van der Waals surface area contributed by atoms with Crippen LogP contribution in [0.15, 0.2) is 40.9 Å². The summed E-state index contributed by atoms with van der Waals surface area (Å²) < 4.78 is 1.11. The molecule has 4 heteroatoms. The van der Waals surface area contributed by atoms with E-state index in [1.165, 1.54) is 42.9 Å². The first-order chi connectivity index (χ1) is 10.2. The Bertz CT molecular complexity index is 650. The van der Waals surface area contributed by atoms with Gasteiger partial charge in [-0.05, 0) is 42.6 Å². The van der Waals surface area contributed by atoms with Crippen molar-refractivity contribution in [1.29, 1.82) is 0 Å². The molecule has 1 aliphatic rings. The number of halogens is 1. The molecule has 0 aromatic heterocycles. The highest BCUT2D eigenvalue weighted by atomic mass is 79.9. The number of benzene rings is 2. The fourth-order valence-electron chi connectivity index (χ4n) is 2.96. The van der Waals surface area contributed by atoms with Crippen LogP contribution in [-0.4, -0.2) is 11.2 Å². The van der Waals surface area contributed by atoms with Gasteiger partial charge in [0.25, 0.3) is 0 Å². The van der Waals surface area contributed by atoms with Gasteiger partial charge in [0.1, 0.15) is 0 Å². The van der Waals surface area contributed by atoms with Crippen molar-refractivity contribution in [2.75, 3.05) is 5.32 Å². The van der Waals surface area contributed by atoms with Gasteiger partial charge in [0.05, 0.1) is 0 Å². The van der Waals surface area contributed by atoms with Crippen molar-refractivity contribution >= 4 is 49.7 Å². The second kappa shape index (κ2) is 6.75. The lowest BCUT2D eigenvalue weighted by atomic mass is 9.96. The summed E-state index contributed by atoms with van der Waals surface area (Å²) in [6, 6.07) is 13.0. The normalized spacial score (nSPS) is 15.9. The molecule has 2 nitrogen and oxygen atoms in total. The van der Waals surface area contributed by atoms with E-state index >= 15 is 0 Å². The Labute approximate surface area is 139 Å². The quantitative estimate of drug-likeness (QED) is 0.716. The summed E-state index contributed by atoms with van der Waals surface area (Å²) in [5, 5.41) is 9.92. The van der Waals surface area contributed by atoms with Crippen LogP contribution in [0.4, 0.5) is 5.69 Å². The van der Waals surface area contributed by atoms with Crippen LogP contribution in [0.1, 0.15) is 32.1 Å². The first-order valence-electron chi connectivity index (χ1n) is 7.49. The van der Waals surface area contributed by atoms with Crippen LogP contribution in [0.2, 0.25) is 0 Å². The molecule has 0 amide bonds. The van der Waals surface area contributed by atoms with Crippen LogP contribution in [-0.2, 0) is 0 Å². The van der Waals surface area contributed by atoms with E-state index in [0.717, 1.165) is 15.3 Å². The summed E-state index contributed by atoms with van der Waals surface area (Å²) in [7, 11) is 0. The topological polar surface area (TPSA) is 24.1 Å². The highest BCUT2D eigenvalue weighted by Gasteiger charge is 2.14. The zero-order valence-electron chi connectivity index (χ0n) is 11.9. The van der Waals surface area contributed by atoms with Crippen molar-refractivity contribution in [2.24, 2.45) is 0 Å². The molecule has 0 atom stereocenters. The first kappa shape index (κ1) is 14.8. The number of nitrogens with one attached hydrogen (secondary N) is 2. The van der Waals surface area contributed by atoms with Crippen LogP contribution in [0.25, 0.3) is 10.8 Å². The number of anilines is 1. The summed E-state index contributed by atoms with van der Waals surface area (Å²) in [4.78, 5) is 0. The van der Waals surface area contributed by atoms with Crippen LogP contribution < -0.4 is 10.6 Å². The number of thiocarbonyl (C=S) groups is 1. The van der Waals surface area contributed by atoms with E-state index in [-0.39, 0.29) is 0 Å². The van der Waals surface area contributed by atoms with Gasteiger partial charge in [-0.15, -0.1) is 0 Å². The van der Waals surface area contributed by atoms with Gasteiger partial charge < -0.3 is 10.6 Å². The third kappa shape index (κ3) is 3.55. The fraction of sp³-hybridized carbons (Fsp3) is 0.353. The maximum absolute atomic E-state index is 5.48. The van der Waals surface area contributed by atoms with E-state index in [4.69, 9.17) is 12.2 Å². The largest absolute Gasteiger partial charge is 0.360 e. The van der Waals surface area contributed by atoms with Gasteiger partial charge in [0, 0.05) is 21.6 Å². The molecule has 3 rings (SSSR count). The van der Waals surface area contributed by atoms with Gasteiger partial charge >= 0.3 is 0 Å². The summed E-state index contributed by atoms with van der Waals surface area (Å²) >= 11 is 9.08. The molecule has 21 heavy (non-hydrogen) atoms. The minimum atomic E-state index is 0.528. The minimum absolute atomic E-state index is 0.528. The molecule has 0 bridgehead atoms. The van der Waals surface area contributed by atoms with Gasteiger partial charge in [0.15, 0.2) is 5.11 Å².